The number of alkyl halides is 1. The molecule has 18 heavy (non-hydrogen) atoms. The van der Waals surface area contributed by atoms with E-state index in [1.54, 1.807) is 16.8 Å². The SMILES string of the molecule is CCc1cc(CCl)[n+](-c2c(Cl)cc(Cl)cc2Cl)[nH]1. The lowest BCUT2D eigenvalue weighted by Crippen LogP contribution is -2.37. The quantitative estimate of drug-likeness (QED) is 0.631. The molecule has 0 atom stereocenters. The molecule has 1 aromatic carbocycles. The van der Waals surface area contributed by atoms with E-state index >= 15 is 0 Å². The Labute approximate surface area is 125 Å². The molecule has 1 aromatic heterocycles. The molecule has 0 aliphatic rings. The second-order valence-corrected chi connectivity index (χ2v) is 5.33. The van der Waals surface area contributed by atoms with Crippen LogP contribution in [0.4, 0.5) is 0 Å². The van der Waals surface area contributed by atoms with E-state index in [9.17, 15) is 0 Å². The standard InChI is InChI=1S/C12H10Cl4N2/c1-2-8-5-9(6-13)18(17-8)12-10(15)3-7(14)4-11(12)16/h3-5H,2,6H2,1H3/p+1. The number of nitrogens with one attached hydrogen (secondary N) is 1. The minimum absolute atomic E-state index is 0.367. The minimum atomic E-state index is 0.367. The van der Waals surface area contributed by atoms with Crippen molar-refractivity contribution >= 4 is 46.4 Å². The smallest absolute Gasteiger partial charge is 0.164 e. The summed E-state index contributed by atoms with van der Waals surface area (Å²) in [5, 5.41) is 4.68. The van der Waals surface area contributed by atoms with Gasteiger partial charge in [-0.1, -0.05) is 46.4 Å². The van der Waals surface area contributed by atoms with Crippen molar-refractivity contribution in [1.82, 2.24) is 5.10 Å². The molecule has 0 aliphatic heterocycles. The zero-order valence-electron chi connectivity index (χ0n) is 9.61. The summed E-state index contributed by atoms with van der Waals surface area (Å²) in [4.78, 5) is 0. The van der Waals surface area contributed by atoms with Gasteiger partial charge in [-0.05, 0) is 18.6 Å². The van der Waals surface area contributed by atoms with Gasteiger partial charge in [0.15, 0.2) is 0 Å². The summed E-state index contributed by atoms with van der Waals surface area (Å²) < 4.78 is 1.80. The van der Waals surface area contributed by atoms with Crippen molar-refractivity contribution in [1.29, 1.82) is 0 Å². The van der Waals surface area contributed by atoms with Crippen molar-refractivity contribution in [2.75, 3.05) is 0 Å². The van der Waals surface area contributed by atoms with Gasteiger partial charge < -0.3 is 0 Å². The Morgan fingerprint density at radius 3 is 2.22 bits per heavy atom. The summed E-state index contributed by atoms with van der Waals surface area (Å²) in [5.74, 6) is 0.367. The van der Waals surface area contributed by atoms with Gasteiger partial charge in [-0.3, -0.25) is 0 Å². The maximum Gasteiger partial charge on any atom is 0.272 e. The first-order valence-corrected chi connectivity index (χ1v) is 7.07. The molecule has 2 nitrogen and oxygen atoms in total. The molecule has 2 aromatic rings. The monoisotopic (exact) mass is 323 g/mol. The van der Waals surface area contributed by atoms with Crippen molar-refractivity contribution < 1.29 is 4.68 Å². The third-order valence-electron chi connectivity index (χ3n) is 2.61. The predicted molar refractivity (Wildman–Crippen MR) is 76.3 cm³/mol. The number of aromatic nitrogens is 2. The normalized spacial score (nSPS) is 10.9. The second kappa shape index (κ2) is 5.70. The molecule has 0 radical (unpaired) electrons. The first kappa shape index (κ1) is 14.0. The number of nitrogens with zero attached hydrogens (tertiary/aromatic N) is 1. The molecular formula is C12H11Cl4N2+. The van der Waals surface area contributed by atoms with Crippen LogP contribution in [0.1, 0.15) is 18.3 Å². The van der Waals surface area contributed by atoms with Crippen LogP contribution in [0.3, 0.4) is 0 Å². The number of hydrogen-bond acceptors (Lipinski definition) is 0. The van der Waals surface area contributed by atoms with Crippen LogP contribution in [0.15, 0.2) is 18.2 Å². The Morgan fingerprint density at radius 1 is 1.11 bits per heavy atom. The zero-order valence-corrected chi connectivity index (χ0v) is 12.6. The molecule has 0 saturated heterocycles. The highest BCUT2D eigenvalue weighted by molar-refractivity contribution is 6.40. The van der Waals surface area contributed by atoms with Crippen molar-refractivity contribution in [2.24, 2.45) is 0 Å². The molecule has 0 bridgehead atoms. The lowest BCUT2D eigenvalue weighted by molar-refractivity contribution is -0.662. The number of halogens is 4. The third-order valence-corrected chi connectivity index (χ3v) is 3.67. The summed E-state index contributed by atoms with van der Waals surface area (Å²) >= 11 is 24.2. The van der Waals surface area contributed by atoms with Crippen molar-refractivity contribution in [3.63, 3.8) is 0 Å². The van der Waals surface area contributed by atoms with Gasteiger partial charge in [-0.15, -0.1) is 11.6 Å². The van der Waals surface area contributed by atoms with Crippen LogP contribution >= 0.6 is 46.4 Å². The lowest BCUT2D eigenvalue weighted by Gasteiger charge is -2.01. The van der Waals surface area contributed by atoms with Gasteiger partial charge in [0.1, 0.15) is 15.9 Å². The van der Waals surface area contributed by atoms with Crippen LogP contribution in [-0.2, 0) is 12.3 Å². The fraction of sp³-hybridized carbons (Fsp3) is 0.250. The second-order valence-electron chi connectivity index (χ2n) is 3.81. The van der Waals surface area contributed by atoms with E-state index in [0.717, 1.165) is 17.8 Å². The topological polar surface area (TPSA) is 19.7 Å². The molecule has 96 valence electrons. The number of rotatable bonds is 3. The van der Waals surface area contributed by atoms with Gasteiger partial charge in [0.25, 0.3) is 5.69 Å². The number of benzene rings is 1. The highest BCUT2D eigenvalue weighted by Gasteiger charge is 2.24. The van der Waals surface area contributed by atoms with Crippen LogP contribution in [0.25, 0.3) is 5.69 Å². The Bertz CT molecular complexity index is 554. The van der Waals surface area contributed by atoms with Gasteiger partial charge in [0.05, 0.1) is 5.69 Å². The molecule has 0 saturated carbocycles. The first-order chi connectivity index (χ1) is 8.56. The van der Waals surface area contributed by atoms with E-state index in [0.29, 0.717) is 26.6 Å². The predicted octanol–water partition coefficient (Wildman–Crippen LogP) is 4.55. The first-order valence-electron chi connectivity index (χ1n) is 5.40. The highest BCUT2D eigenvalue weighted by Crippen LogP contribution is 2.29. The minimum Gasteiger partial charge on any atom is -0.164 e. The van der Waals surface area contributed by atoms with E-state index in [-0.39, 0.29) is 0 Å². The molecule has 1 N–H and O–H groups in total. The zero-order chi connectivity index (χ0) is 13.3. The summed E-state index contributed by atoms with van der Waals surface area (Å²) in [7, 11) is 0. The molecule has 0 unspecified atom stereocenters. The summed E-state index contributed by atoms with van der Waals surface area (Å²) in [5.41, 5.74) is 2.63. The Hall–Kier alpha value is -0.410. The van der Waals surface area contributed by atoms with Crippen LogP contribution in [0.2, 0.25) is 15.1 Å². The molecular weight excluding hydrogens is 314 g/mol. The summed E-state index contributed by atoms with van der Waals surface area (Å²) in [6, 6.07) is 5.30. The lowest BCUT2D eigenvalue weighted by atomic mass is 10.3. The van der Waals surface area contributed by atoms with Crippen molar-refractivity contribution in [2.45, 2.75) is 19.2 Å². The summed E-state index contributed by atoms with van der Waals surface area (Å²) in [6.07, 6.45) is 0.875. The maximum absolute atomic E-state index is 6.20. The van der Waals surface area contributed by atoms with Gasteiger partial charge in [0.2, 0.25) is 5.69 Å². The average molecular weight is 325 g/mol. The molecule has 0 spiro atoms. The van der Waals surface area contributed by atoms with Gasteiger partial charge >= 0.3 is 0 Å². The van der Waals surface area contributed by atoms with E-state index in [1.165, 1.54) is 0 Å². The Morgan fingerprint density at radius 2 is 1.72 bits per heavy atom. The van der Waals surface area contributed by atoms with Gasteiger partial charge in [-0.2, -0.15) is 5.10 Å². The Balaban J connectivity index is 2.64. The van der Waals surface area contributed by atoms with Crippen molar-refractivity contribution in [3.05, 3.63) is 44.7 Å². The average Bonchev–Trinajstić information content (AvgIpc) is 2.71. The Kier molecular flexibility index (Phi) is 4.44. The van der Waals surface area contributed by atoms with E-state index in [1.807, 2.05) is 6.07 Å². The van der Waals surface area contributed by atoms with Crippen LogP contribution < -0.4 is 4.68 Å². The van der Waals surface area contributed by atoms with Crippen LogP contribution in [0, 0.1) is 0 Å². The maximum atomic E-state index is 6.20. The fourth-order valence-corrected chi connectivity index (χ4v) is 2.92. The van der Waals surface area contributed by atoms with E-state index < -0.39 is 0 Å². The number of aromatic amines is 1. The number of H-pyrrole nitrogens is 1. The largest absolute Gasteiger partial charge is 0.272 e. The number of aryl methyl sites for hydroxylation is 1. The molecule has 1 heterocycles. The van der Waals surface area contributed by atoms with E-state index in [2.05, 4.69) is 12.0 Å². The molecule has 6 heteroatoms. The van der Waals surface area contributed by atoms with Crippen molar-refractivity contribution in [3.8, 4) is 5.69 Å². The summed E-state index contributed by atoms with van der Waals surface area (Å²) in [6.45, 7) is 2.05. The van der Waals surface area contributed by atoms with Gasteiger partial charge in [0, 0.05) is 11.1 Å². The fourth-order valence-electron chi connectivity index (χ4n) is 1.74. The van der Waals surface area contributed by atoms with E-state index in [4.69, 9.17) is 46.4 Å². The third kappa shape index (κ3) is 2.62. The highest BCUT2D eigenvalue weighted by atomic mass is 35.5. The molecule has 2 rings (SSSR count). The molecule has 0 amide bonds. The molecule has 0 fully saturated rings. The van der Waals surface area contributed by atoms with Gasteiger partial charge in [-0.25, -0.2) is 0 Å². The molecule has 0 aliphatic carbocycles. The number of hydrogen-bond donors (Lipinski definition) is 1. The van der Waals surface area contributed by atoms with Crippen LogP contribution in [-0.4, -0.2) is 5.10 Å². The van der Waals surface area contributed by atoms with Crippen LogP contribution in [0.5, 0.6) is 0 Å².